The van der Waals surface area contributed by atoms with Gasteiger partial charge in [-0.25, -0.2) is 9.37 Å². The molecule has 1 aromatic carbocycles. The molecule has 130 valence electrons. The number of halogens is 2. The smallest absolute Gasteiger partial charge is 0.274 e. The highest BCUT2D eigenvalue weighted by molar-refractivity contribution is 6.30. The summed E-state index contributed by atoms with van der Waals surface area (Å²) in [5, 5.41) is 3.15. The first-order valence-corrected chi connectivity index (χ1v) is 7.89. The van der Waals surface area contributed by atoms with Gasteiger partial charge in [0, 0.05) is 11.9 Å². The number of hydrogen-bond acceptors (Lipinski definition) is 5. The Bertz CT molecular complexity index is 828. The van der Waals surface area contributed by atoms with Crippen molar-refractivity contribution in [2.24, 2.45) is 10.7 Å². The van der Waals surface area contributed by atoms with E-state index in [0.29, 0.717) is 16.3 Å². The SMILES string of the molecule is C[C@]1(c2cccc(NC(=O)c3ccc(Cl)cn3)c2)N=C(N)CO[C@@H]1F. The minimum atomic E-state index is -1.64. The monoisotopic (exact) mass is 362 g/mol. The van der Waals surface area contributed by atoms with Gasteiger partial charge in [-0.3, -0.25) is 9.79 Å². The summed E-state index contributed by atoms with van der Waals surface area (Å²) in [5.74, 6) is -0.185. The molecule has 3 N–H and O–H groups in total. The summed E-state index contributed by atoms with van der Waals surface area (Å²) < 4.78 is 19.3. The number of amidine groups is 1. The lowest BCUT2D eigenvalue weighted by Gasteiger charge is -2.33. The highest BCUT2D eigenvalue weighted by Crippen LogP contribution is 2.35. The molecule has 2 aromatic rings. The lowest BCUT2D eigenvalue weighted by molar-refractivity contribution is -0.0795. The van der Waals surface area contributed by atoms with Crippen LogP contribution in [0.15, 0.2) is 47.6 Å². The van der Waals surface area contributed by atoms with Crippen LogP contribution in [-0.2, 0) is 10.3 Å². The molecule has 2 heterocycles. The number of nitrogens with two attached hydrogens (primary N) is 1. The van der Waals surface area contributed by atoms with E-state index in [4.69, 9.17) is 22.1 Å². The maximum atomic E-state index is 14.3. The Morgan fingerprint density at radius 1 is 1.44 bits per heavy atom. The van der Waals surface area contributed by atoms with Gasteiger partial charge in [0.1, 0.15) is 23.7 Å². The van der Waals surface area contributed by atoms with Crippen LogP contribution >= 0.6 is 11.6 Å². The Labute approximate surface area is 148 Å². The van der Waals surface area contributed by atoms with Crippen LogP contribution in [0.25, 0.3) is 0 Å². The third-order valence-electron chi connectivity index (χ3n) is 3.86. The zero-order chi connectivity index (χ0) is 18.0. The largest absolute Gasteiger partial charge is 0.385 e. The number of aliphatic imine (C=N–C) groups is 1. The topological polar surface area (TPSA) is 89.6 Å². The molecule has 0 radical (unpaired) electrons. The molecule has 3 rings (SSSR count). The number of rotatable bonds is 3. The first kappa shape index (κ1) is 17.3. The second-order valence-electron chi connectivity index (χ2n) is 5.77. The molecule has 0 saturated carbocycles. The molecule has 1 aromatic heterocycles. The predicted molar refractivity (Wildman–Crippen MR) is 93.5 cm³/mol. The van der Waals surface area contributed by atoms with Crippen LogP contribution in [0.5, 0.6) is 0 Å². The number of hydrogen-bond donors (Lipinski definition) is 2. The molecular weight excluding hydrogens is 347 g/mol. The molecule has 0 unspecified atom stereocenters. The second-order valence-corrected chi connectivity index (χ2v) is 6.21. The van der Waals surface area contributed by atoms with Crippen LogP contribution in [0.3, 0.4) is 0 Å². The van der Waals surface area contributed by atoms with Crippen LogP contribution in [0.2, 0.25) is 5.02 Å². The Morgan fingerprint density at radius 2 is 2.24 bits per heavy atom. The van der Waals surface area contributed by atoms with Gasteiger partial charge in [-0.2, -0.15) is 0 Å². The maximum absolute atomic E-state index is 14.3. The van der Waals surface area contributed by atoms with Crippen molar-refractivity contribution in [3.05, 3.63) is 58.9 Å². The highest BCUT2D eigenvalue weighted by Gasteiger charge is 2.40. The summed E-state index contributed by atoms with van der Waals surface area (Å²) in [6, 6.07) is 9.80. The average Bonchev–Trinajstić information content (AvgIpc) is 2.59. The third kappa shape index (κ3) is 3.62. The average molecular weight is 363 g/mol. The molecule has 0 aliphatic carbocycles. The van der Waals surface area contributed by atoms with Crippen molar-refractivity contribution in [2.75, 3.05) is 11.9 Å². The minimum absolute atomic E-state index is 0.0462. The number of carbonyl (C=O) groups excluding carboxylic acids is 1. The first-order chi connectivity index (χ1) is 11.9. The summed E-state index contributed by atoms with van der Waals surface area (Å²) in [7, 11) is 0. The summed E-state index contributed by atoms with van der Waals surface area (Å²) in [6.45, 7) is 1.54. The van der Waals surface area contributed by atoms with E-state index in [2.05, 4.69) is 15.3 Å². The van der Waals surface area contributed by atoms with Gasteiger partial charge in [0.05, 0.1) is 5.02 Å². The Balaban J connectivity index is 1.85. The predicted octanol–water partition coefficient (Wildman–Crippen LogP) is 2.89. The standard InChI is InChI=1S/C17H16ClFN4O2/c1-17(16(19)25-9-14(20)23-17)10-3-2-4-12(7-10)22-15(24)13-6-5-11(18)8-21-13/h2-8,16H,9H2,1H3,(H2,20,23)(H,22,24)/t16-,17+/m0/s1. The van der Waals surface area contributed by atoms with E-state index in [9.17, 15) is 9.18 Å². The molecule has 8 heteroatoms. The van der Waals surface area contributed by atoms with E-state index in [1.165, 1.54) is 12.3 Å². The van der Waals surface area contributed by atoms with Crippen molar-refractivity contribution in [1.82, 2.24) is 4.98 Å². The van der Waals surface area contributed by atoms with Gasteiger partial charge in [0.15, 0.2) is 0 Å². The van der Waals surface area contributed by atoms with Gasteiger partial charge in [-0.15, -0.1) is 0 Å². The summed E-state index contributed by atoms with van der Waals surface area (Å²) in [5.41, 5.74) is 5.64. The number of anilines is 1. The van der Waals surface area contributed by atoms with E-state index >= 15 is 0 Å². The molecule has 0 fully saturated rings. The van der Waals surface area contributed by atoms with Gasteiger partial charge in [0.2, 0.25) is 6.36 Å². The van der Waals surface area contributed by atoms with Gasteiger partial charge in [-0.05, 0) is 36.8 Å². The van der Waals surface area contributed by atoms with Crippen LogP contribution in [0.1, 0.15) is 23.0 Å². The zero-order valence-electron chi connectivity index (χ0n) is 13.4. The van der Waals surface area contributed by atoms with E-state index in [-0.39, 0.29) is 18.1 Å². The second kappa shape index (κ2) is 6.78. The lowest BCUT2D eigenvalue weighted by Crippen LogP contribution is -2.43. The lowest BCUT2D eigenvalue weighted by atomic mass is 9.91. The van der Waals surface area contributed by atoms with Gasteiger partial charge < -0.3 is 15.8 Å². The third-order valence-corrected chi connectivity index (χ3v) is 4.08. The number of ether oxygens (including phenoxy) is 1. The van der Waals surface area contributed by atoms with Gasteiger partial charge in [-0.1, -0.05) is 23.7 Å². The number of pyridine rings is 1. The van der Waals surface area contributed by atoms with Gasteiger partial charge in [0.25, 0.3) is 5.91 Å². The maximum Gasteiger partial charge on any atom is 0.274 e. The quantitative estimate of drug-likeness (QED) is 0.878. The van der Waals surface area contributed by atoms with E-state index in [1.54, 1.807) is 37.3 Å². The van der Waals surface area contributed by atoms with Crippen molar-refractivity contribution >= 4 is 29.0 Å². The molecule has 0 saturated heterocycles. The summed E-state index contributed by atoms with van der Waals surface area (Å²) in [4.78, 5) is 20.4. The number of amides is 1. The van der Waals surface area contributed by atoms with Crippen molar-refractivity contribution in [3.63, 3.8) is 0 Å². The highest BCUT2D eigenvalue weighted by atomic mass is 35.5. The summed E-state index contributed by atoms with van der Waals surface area (Å²) >= 11 is 5.76. The number of nitrogens with zero attached hydrogens (tertiary/aromatic N) is 2. The van der Waals surface area contributed by atoms with E-state index < -0.39 is 17.8 Å². The number of alkyl halides is 1. The molecule has 0 spiro atoms. The fourth-order valence-electron chi connectivity index (χ4n) is 2.51. The van der Waals surface area contributed by atoms with Crippen LogP contribution < -0.4 is 11.1 Å². The Hall–Kier alpha value is -2.51. The number of carbonyl (C=O) groups is 1. The normalized spacial score (nSPS) is 23.0. The fraction of sp³-hybridized carbons (Fsp3) is 0.235. The van der Waals surface area contributed by atoms with Crippen molar-refractivity contribution in [2.45, 2.75) is 18.8 Å². The van der Waals surface area contributed by atoms with Crippen LogP contribution in [0, 0.1) is 0 Å². The molecule has 1 aliphatic rings. The van der Waals surface area contributed by atoms with Crippen molar-refractivity contribution in [1.29, 1.82) is 0 Å². The van der Waals surface area contributed by atoms with Crippen LogP contribution in [-0.4, -0.2) is 29.7 Å². The molecule has 25 heavy (non-hydrogen) atoms. The number of benzene rings is 1. The number of aromatic nitrogens is 1. The fourth-order valence-corrected chi connectivity index (χ4v) is 2.63. The summed E-state index contributed by atoms with van der Waals surface area (Å²) in [6.07, 6.45) is -0.248. The number of nitrogens with one attached hydrogen (secondary N) is 1. The molecule has 0 bridgehead atoms. The van der Waals surface area contributed by atoms with Gasteiger partial charge >= 0.3 is 0 Å². The minimum Gasteiger partial charge on any atom is -0.385 e. The van der Waals surface area contributed by atoms with Crippen molar-refractivity contribution < 1.29 is 13.9 Å². The molecule has 1 amide bonds. The molecule has 2 atom stereocenters. The molecule has 1 aliphatic heterocycles. The Morgan fingerprint density at radius 3 is 2.96 bits per heavy atom. The molecular formula is C17H16ClFN4O2. The molecule has 6 nitrogen and oxygen atoms in total. The van der Waals surface area contributed by atoms with Crippen molar-refractivity contribution in [3.8, 4) is 0 Å². The van der Waals surface area contributed by atoms with E-state index in [1.807, 2.05) is 0 Å². The Kier molecular flexibility index (Phi) is 4.69. The first-order valence-electron chi connectivity index (χ1n) is 7.52. The van der Waals surface area contributed by atoms with E-state index in [0.717, 1.165) is 0 Å². The van der Waals surface area contributed by atoms with Crippen LogP contribution in [0.4, 0.5) is 10.1 Å². The zero-order valence-corrected chi connectivity index (χ0v) is 14.1.